The first-order valence-electron chi connectivity index (χ1n) is 6.82. The summed E-state index contributed by atoms with van der Waals surface area (Å²) in [6, 6.07) is 2.82. The maximum atomic E-state index is 12.1. The molecule has 0 radical (unpaired) electrons. The van der Waals surface area contributed by atoms with E-state index in [-0.39, 0.29) is 29.6 Å². The number of rotatable bonds is 4. The third-order valence-corrected chi connectivity index (χ3v) is 3.39. The summed E-state index contributed by atoms with van der Waals surface area (Å²) in [6.07, 6.45) is 2.79. The first-order valence-corrected chi connectivity index (χ1v) is 6.82. The number of benzene rings is 1. The molecule has 1 unspecified atom stereocenters. The smallest absolute Gasteiger partial charge is 0.340 e. The highest BCUT2D eigenvalue weighted by Crippen LogP contribution is 2.27. The SMILES string of the molecule is Cc1cc(C(=O)OCC2CCCCO2)c(N)c([N+](=O)[O-])c1. The number of nitrogens with two attached hydrogens (primary N) is 1. The number of carbonyl (C=O) groups excluding carboxylic acids is 1. The molecule has 114 valence electrons. The normalized spacial score (nSPS) is 18.2. The van der Waals surface area contributed by atoms with Gasteiger partial charge in [0.2, 0.25) is 0 Å². The van der Waals surface area contributed by atoms with Crippen LogP contribution in [-0.2, 0) is 9.47 Å². The van der Waals surface area contributed by atoms with E-state index in [1.807, 2.05) is 0 Å². The first-order chi connectivity index (χ1) is 9.99. The van der Waals surface area contributed by atoms with Crippen LogP contribution in [0, 0.1) is 17.0 Å². The van der Waals surface area contributed by atoms with E-state index in [0.717, 1.165) is 19.3 Å². The van der Waals surface area contributed by atoms with Crippen LogP contribution in [0.4, 0.5) is 11.4 Å². The molecule has 2 rings (SSSR count). The molecule has 7 nitrogen and oxygen atoms in total. The lowest BCUT2D eigenvalue weighted by atomic mass is 10.1. The lowest BCUT2D eigenvalue weighted by Gasteiger charge is -2.22. The van der Waals surface area contributed by atoms with Gasteiger partial charge >= 0.3 is 5.97 Å². The molecule has 0 bridgehead atoms. The number of carbonyl (C=O) groups is 1. The van der Waals surface area contributed by atoms with Crippen LogP contribution >= 0.6 is 0 Å². The largest absolute Gasteiger partial charge is 0.459 e. The van der Waals surface area contributed by atoms with Crippen molar-refractivity contribution in [1.82, 2.24) is 0 Å². The molecule has 0 spiro atoms. The van der Waals surface area contributed by atoms with E-state index in [2.05, 4.69) is 0 Å². The number of esters is 1. The molecule has 0 saturated carbocycles. The zero-order valence-electron chi connectivity index (χ0n) is 11.8. The number of ether oxygens (including phenoxy) is 2. The quantitative estimate of drug-likeness (QED) is 0.395. The van der Waals surface area contributed by atoms with Crippen molar-refractivity contribution in [2.45, 2.75) is 32.3 Å². The number of nitro benzene ring substituents is 1. The third-order valence-electron chi connectivity index (χ3n) is 3.39. The van der Waals surface area contributed by atoms with Crippen molar-refractivity contribution in [2.75, 3.05) is 18.9 Å². The highest BCUT2D eigenvalue weighted by atomic mass is 16.6. The number of nitrogens with zero attached hydrogens (tertiary/aromatic N) is 1. The molecule has 21 heavy (non-hydrogen) atoms. The molecule has 0 aliphatic carbocycles. The van der Waals surface area contributed by atoms with Gasteiger partial charge in [-0.15, -0.1) is 0 Å². The summed E-state index contributed by atoms with van der Waals surface area (Å²) < 4.78 is 10.6. The van der Waals surface area contributed by atoms with Crippen LogP contribution in [0.1, 0.15) is 35.2 Å². The van der Waals surface area contributed by atoms with Gasteiger partial charge in [0.25, 0.3) is 5.69 Å². The van der Waals surface area contributed by atoms with Crippen LogP contribution in [-0.4, -0.2) is 30.2 Å². The van der Waals surface area contributed by atoms with Gasteiger partial charge in [0, 0.05) is 12.7 Å². The molecule has 0 aromatic heterocycles. The van der Waals surface area contributed by atoms with Crippen LogP contribution < -0.4 is 5.73 Å². The second kappa shape index (κ2) is 6.53. The van der Waals surface area contributed by atoms with Gasteiger partial charge in [-0.3, -0.25) is 10.1 Å². The van der Waals surface area contributed by atoms with Crippen molar-refractivity contribution in [3.05, 3.63) is 33.4 Å². The molecule has 1 aliphatic rings. The Hall–Kier alpha value is -2.15. The molecule has 0 amide bonds. The van der Waals surface area contributed by atoms with Crippen LogP contribution in [0.2, 0.25) is 0 Å². The Morgan fingerprint density at radius 2 is 2.29 bits per heavy atom. The van der Waals surface area contributed by atoms with Gasteiger partial charge < -0.3 is 15.2 Å². The maximum Gasteiger partial charge on any atom is 0.340 e. The van der Waals surface area contributed by atoms with E-state index in [1.54, 1.807) is 6.92 Å². The zero-order chi connectivity index (χ0) is 15.4. The predicted molar refractivity (Wildman–Crippen MR) is 76.1 cm³/mol. The number of anilines is 1. The van der Waals surface area contributed by atoms with Crippen LogP contribution in [0.15, 0.2) is 12.1 Å². The van der Waals surface area contributed by atoms with Crippen molar-refractivity contribution in [2.24, 2.45) is 0 Å². The summed E-state index contributed by atoms with van der Waals surface area (Å²) in [7, 11) is 0. The Morgan fingerprint density at radius 1 is 1.52 bits per heavy atom. The van der Waals surface area contributed by atoms with E-state index < -0.39 is 10.9 Å². The average molecular weight is 294 g/mol. The summed E-state index contributed by atoms with van der Waals surface area (Å²) >= 11 is 0. The van der Waals surface area contributed by atoms with Crippen LogP contribution in [0.3, 0.4) is 0 Å². The minimum atomic E-state index is -0.659. The molecule has 1 aromatic rings. The van der Waals surface area contributed by atoms with E-state index in [9.17, 15) is 14.9 Å². The Labute approximate surface area is 122 Å². The fraction of sp³-hybridized carbons (Fsp3) is 0.500. The Bertz CT molecular complexity index is 553. The minimum absolute atomic E-state index is 0.0255. The number of hydrogen-bond acceptors (Lipinski definition) is 6. The molecule has 1 heterocycles. The second-order valence-electron chi connectivity index (χ2n) is 5.09. The summed E-state index contributed by atoms with van der Waals surface area (Å²) in [6.45, 7) is 2.47. The highest BCUT2D eigenvalue weighted by molar-refractivity contribution is 5.97. The summed E-state index contributed by atoms with van der Waals surface area (Å²) in [5.74, 6) is -0.659. The van der Waals surface area contributed by atoms with E-state index in [4.69, 9.17) is 15.2 Å². The Balaban J connectivity index is 2.09. The van der Waals surface area contributed by atoms with Crippen molar-refractivity contribution >= 4 is 17.3 Å². The van der Waals surface area contributed by atoms with Crippen molar-refractivity contribution in [1.29, 1.82) is 0 Å². The number of hydrogen-bond donors (Lipinski definition) is 1. The molecule has 1 atom stereocenters. The standard InChI is InChI=1S/C14H18N2O5/c1-9-6-11(13(15)12(7-9)16(18)19)14(17)21-8-10-4-2-3-5-20-10/h6-7,10H,2-5,8,15H2,1H3. The predicted octanol–water partition coefficient (Wildman–Crippen LogP) is 2.21. The van der Waals surface area contributed by atoms with Crippen LogP contribution in [0.5, 0.6) is 0 Å². The van der Waals surface area contributed by atoms with Gasteiger partial charge in [0.1, 0.15) is 12.3 Å². The fourth-order valence-corrected chi connectivity index (χ4v) is 2.28. The Morgan fingerprint density at radius 3 is 2.90 bits per heavy atom. The van der Waals surface area contributed by atoms with Crippen molar-refractivity contribution in [3.8, 4) is 0 Å². The lowest BCUT2D eigenvalue weighted by molar-refractivity contribution is -0.384. The molecule has 7 heteroatoms. The minimum Gasteiger partial charge on any atom is -0.459 e. The highest BCUT2D eigenvalue weighted by Gasteiger charge is 2.23. The molecule has 1 aliphatic heterocycles. The van der Waals surface area contributed by atoms with E-state index >= 15 is 0 Å². The summed E-state index contributed by atoms with van der Waals surface area (Å²) in [4.78, 5) is 22.4. The van der Waals surface area contributed by atoms with Gasteiger partial charge in [0.15, 0.2) is 0 Å². The zero-order valence-corrected chi connectivity index (χ0v) is 11.8. The van der Waals surface area contributed by atoms with Gasteiger partial charge in [-0.1, -0.05) is 0 Å². The average Bonchev–Trinajstić information content (AvgIpc) is 2.47. The summed E-state index contributed by atoms with van der Waals surface area (Å²) in [5, 5.41) is 10.9. The molecular weight excluding hydrogens is 276 g/mol. The Kier molecular flexibility index (Phi) is 4.74. The van der Waals surface area contributed by atoms with E-state index in [0.29, 0.717) is 12.2 Å². The molecular formula is C14H18N2O5. The van der Waals surface area contributed by atoms with Gasteiger partial charge in [-0.05, 0) is 37.8 Å². The number of aryl methyl sites for hydroxylation is 1. The van der Waals surface area contributed by atoms with E-state index in [1.165, 1.54) is 12.1 Å². The maximum absolute atomic E-state index is 12.1. The molecule has 1 aromatic carbocycles. The molecule has 1 saturated heterocycles. The number of nitrogen functional groups attached to an aromatic ring is 1. The van der Waals surface area contributed by atoms with Gasteiger partial charge in [-0.25, -0.2) is 4.79 Å². The second-order valence-corrected chi connectivity index (χ2v) is 5.09. The fourth-order valence-electron chi connectivity index (χ4n) is 2.28. The first kappa shape index (κ1) is 15.2. The monoisotopic (exact) mass is 294 g/mol. The van der Waals surface area contributed by atoms with Crippen molar-refractivity contribution in [3.63, 3.8) is 0 Å². The third kappa shape index (κ3) is 3.69. The van der Waals surface area contributed by atoms with Gasteiger partial charge in [-0.2, -0.15) is 0 Å². The van der Waals surface area contributed by atoms with Gasteiger partial charge in [0.05, 0.1) is 16.6 Å². The lowest BCUT2D eigenvalue weighted by Crippen LogP contribution is -2.26. The topological polar surface area (TPSA) is 105 Å². The van der Waals surface area contributed by atoms with Crippen molar-refractivity contribution < 1.29 is 19.2 Å². The molecule has 2 N–H and O–H groups in total. The molecule has 1 fully saturated rings. The van der Waals surface area contributed by atoms with Crippen LogP contribution in [0.25, 0.3) is 0 Å². The number of nitro groups is 1. The summed E-state index contributed by atoms with van der Waals surface area (Å²) in [5.41, 5.74) is 5.85.